The van der Waals surface area contributed by atoms with Gasteiger partial charge in [-0.1, -0.05) is 18.2 Å². The summed E-state index contributed by atoms with van der Waals surface area (Å²) in [5, 5.41) is 11.0. The largest absolute Gasteiger partial charge is 0.392 e. The summed E-state index contributed by atoms with van der Waals surface area (Å²) >= 11 is 0. The zero-order chi connectivity index (χ0) is 14.6. The molecule has 1 aromatic carbocycles. The average Bonchev–Trinajstić information content (AvgIpc) is 2.42. The summed E-state index contributed by atoms with van der Waals surface area (Å²) in [5.74, 6) is 4.21. The van der Waals surface area contributed by atoms with E-state index < -0.39 is 0 Å². The van der Waals surface area contributed by atoms with Gasteiger partial charge in [0.1, 0.15) is 0 Å². The highest BCUT2D eigenvalue weighted by atomic mass is 16.3. The van der Waals surface area contributed by atoms with E-state index in [4.69, 9.17) is 0 Å². The molecule has 0 spiro atoms. The maximum Gasteiger partial charge on any atom is 0.0614 e. The van der Waals surface area contributed by atoms with Crippen LogP contribution in [0.3, 0.4) is 0 Å². The van der Waals surface area contributed by atoms with Crippen molar-refractivity contribution in [2.24, 2.45) is 29.6 Å². The Hall–Kier alpha value is -0.820. The zero-order valence-corrected chi connectivity index (χ0v) is 13.4. The fourth-order valence-electron chi connectivity index (χ4n) is 6.11. The van der Waals surface area contributed by atoms with Gasteiger partial charge in [-0.2, -0.15) is 0 Å². The molecule has 1 nitrogen and oxygen atoms in total. The highest BCUT2D eigenvalue weighted by Crippen LogP contribution is 2.57. The Kier molecular flexibility index (Phi) is 3.37. The first-order valence-corrected chi connectivity index (χ1v) is 8.85. The molecule has 0 saturated heterocycles. The fraction of sp³-hybridized carbons (Fsp3) is 0.700. The molecule has 4 aliphatic carbocycles. The third-order valence-corrected chi connectivity index (χ3v) is 6.80. The van der Waals surface area contributed by atoms with Crippen molar-refractivity contribution in [2.75, 3.05) is 0 Å². The first kappa shape index (κ1) is 13.8. The molecule has 0 radical (unpaired) electrons. The molecule has 1 aromatic rings. The topological polar surface area (TPSA) is 20.2 Å². The third kappa shape index (κ3) is 2.34. The second kappa shape index (κ2) is 5.12. The maximum absolute atomic E-state index is 11.0. The molecule has 4 saturated carbocycles. The molecule has 1 N–H and O–H groups in total. The van der Waals surface area contributed by atoms with Gasteiger partial charge in [-0.15, -0.1) is 0 Å². The molecule has 4 fully saturated rings. The van der Waals surface area contributed by atoms with Crippen molar-refractivity contribution in [3.63, 3.8) is 0 Å². The predicted molar refractivity (Wildman–Crippen MR) is 86.2 cm³/mol. The van der Waals surface area contributed by atoms with Crippen LogP contribution in [-0.2, 0) is 6.42 Å². The van der Waals surface area contributed by atoms with Gasteiger partial charge >= 0.3 is 0 Å². The second-order valence-corrected chi connectivity index (χ2v) is 8.15. The highest BCUT2D eigenvalue weighted by Gasteiger charge is 2.50. The molecular weight excluding hydrogens is 256 g/mol. The molecule has 114 valence electrons. The molecule has 21 heavy (non-hydrogen) atoms. The number of aliphatic hydroxyl groups excluding tert-OH is 1. The van der Waals surface area contributed by atoms with E-state index >= 15 is 0 Å². The number of benzene rings is 1. The van der Waals surface area contributed by atoms with E-state index in [1.54, 1.807) is 0 Å². The summed E-state index contributed by atoms with van der Waals surface area (Å²) in [4.78, 5) is 0. The molecular formula is C20H28O. The van der Waals surface area contributed by atoms with Crippen LogP contribution in [0, 0.1) is 43.4 Å². The predicted octanol–water partition coefficient (Wildman–Crippen LogP) is 4.28. The van der Waals surface area contributed by atoms with Crippen molar-refractivity contribution in [2.45, 2.75) is 58.5 Å². The summed E-state index contributed by atoms with van der Waals surface area (Å²) in [5.41, 5.74) is 4.08. The van der Waals surface area contributed by atoms with Gasteiger partial charge in [0.25, 0.3) is 0 Å². The van der Waals surface area contributed by atoms with Gasteiger partial charge in [-0.3, -0.25) is 0 Å². The fourth-order valence-corrected chi connectivity index (χ4v) is 6.11. The minimum atomic E-state index is -0.125. The van der Waals surface area contributed by atoms with Gasteiger partial charge in [0, 0.05) is 0 Å². The van der Waals surface area contributed by atoms with Crippen LogP contribution in [0.5, 0.6) is 0 Å². The molecule has 5 rings (SSSR count). The van der Waals surface area contributed by atoms with Gasteiger partial charge in [0.2, 0.25) is 0 Å². The Morgan fingerprint density at radius 1 is 0.952 bits per heavy atom. The van der Waals surface area contributed by atoms with Gasteiger partial charge in [-0.05, 0) is 98.7 Å². The van der Waals surface area contributed by atoms with E-state index in [-0.39, 0.29) is 6.10 Å². The standard InChI is InChI=1S/C20H28O/c1-12-4-3-5-13(2)18(12)11-19(21)20-16-7-14-6-15(9-16)10-17(20)8-14/h3-5,14-17,19-21H,6-11H2,1-2H3. The van der Waals surface area contributed by atoms with E-state index in [2.05, 4.69) is 32.0 Å². The second-order valence-electron chi connectivity index (χ2n) is 8.15. The summed E-state index contributed by atoms with van der Waals surface area (Å²) < 4.78 is 0. The van der Waals surface area contributed by atoms with Crippen LogP contribution in [0.2, 0.25) is 0 Å². The maximum atomic E-state index is 11.0. The van der Waals surface area contributed by atoms with E-state index in [0.717, 1.165) is 30.1 Å². The van der Waals surface area contributed by atoms with E-state index in [9.17, 15) is 5.11 Å². The highest BCUT2D eigenvalue weighted by molar-refractivity contribution is 5.34. The van der Waals surface area contributed by atoms with Crippen molar-refractivity contribution in [1.29, 1.82) is 0 Å². The summed E-state index contributed by atoms with van der Waals surface area (Å²) in [6, 6.07) is 6.50. The quantitative estimate of drug-likeness (QED) is 0.878. The van der Waals surface area contributed by atoms with Gasteiger partial charge in [0.05, 0.1) is 6.10 Å². The Bertz CT molecular complexity index is 484. The van der Waals surface area contributed by atoms with Gasteiger partial charge < -0.3 is 5.11 Å². The monoisotopic (exact) mass is 284 g/mol. The van der Waals surface area contributed by atoms with E-state index in [1.807, 2.05) is 0 Å². The van der Waals surface area contributed by atoms with Crippen LogP contribution < -0.4 is 0 Å². The summed E-state index contributed by atoms with van der Waals surface area (Å²) in [6.45, 7) is 4.37. The van der Waals surface area contributed by atoms with Crippen LogP contribution in [0.1, 0.15) is 48.8 Å². The normalized spacial score (nSPS) is 38.7. The SMILES string of the molecule is Cc1cccc(C)c1CC(O)C1C2CC3CC(C2)CC1C3. The molecule has 1 heteroatoms. The van der Waals surface area contributed by atoms with Crippen molar-refractivity contribution >= 4 is 0 Å². The Morgan fingerprint density at radius 2 is 1.48 bits per heavy atom. The minimum absolute atomic E-state index is 0.125. The molecule has 1 unspecified atom stereocenters. The lowest BCUT2D eigenvalue weighted by molar-refractivity contribution is -0.0888. The lowest BCUT2D eigenvalue weighted by Crippen LogP contribution is -2.49. The van der Waals surface area contributed by atoms with Crippen molar-refractivity contribution < 1.29 is 5.11 Å². The van der Waals surface area contributed by atoms with Crippen LogP contribution in [-0.4, -0.2) is 11.2 Å². The van der Waals surface area contributed by atoms with Crippen molar-refractivity contribution in [3.05, 3.63) is 34.9 Å². The third-order valence-electron chi connectivity index (χ3n) is 6.80. The minimum Gasteiger partial charge on any atom is -0.392 e. The van der Waals surface area contributed by atoms with Gasteiger partial charge in [0.15, 0.2) is 0 Å². The number of aryl methyl sites for hydroxylation is 2. The Balaban J connectivity index is 1.54. The van der Waals surface area contributed by atoms with Crippen LogP contribution >= 0.6 is 0 Å². The lowest BCUT2D eigenvalue weighted by Gasteiger charge is -2.55. The summed E-state index contributed by atoms with van der Waals surface area (Å²) in [6.07, 6.45) is 7.85. The molecule has 4 aliphatic rings. The molecule has 0 aromatic heterocycles. The smallest absolute Gasteiger partial charge is 0.0614 e. The molecule has 0 amide bonds. The number of hydrogen-bond donors (Lipinski definition) is 1. The Morgan fingerprint density at radius 3 is 2.00 bits per heavy atom. The van der Waals surface area contributed by atoms with Crippen molar-refractivity contribution in [1.82, 2.24) is 0 Å². The Labute approximate surface area is 128 Å². The van der Waals surface area contributed by atoms with Crippen LogP contribution in [0.25, 0.3) is 0 Å². The number of aliphatic hydroxyl groups is 1. The van der Waals surface area contributed by atoms with Gasteiger partial charge in [-0.25, -0.2) is 0 Å². The molecule has 0 heterocycles. The van der Waals surface area contributed by atoms with Crippen molar-refractivity contribution in [3.8, 4) is 0 Å². The first-order chi connectivity index (χ1) is 10.1. The van der Waals surface area contributed by atoms with E-state index in [0.29, 0.717) is 5.92 Å². The number of rotatable bonds is 3. The zero-order valence-electron chi connectivity index (χ0n) is 13.4. The number of hydrogen-bond acceptors (Lipinski definition) is 1. The molecule has 4 bridgehead atoms. The van der Waals surface area contributed by atoms with Crippen LogP contribution in [0.4, 0.5) is 0 Å². The van der Waals surface area contributed by atoms with E-state index in [1.165, 1.54) is 48.8 Å². The molecule has 1 atom stereocenters. The average molecular weight is 284 g/mol. The first-order valence-electron chi connectivity index (χ1n) is 8.85. The summed E-state index contributed by atoms with van der Waals surface area (Å²) in [7, 11) is 0. The lowest BCUT2D eigenvalue weighted by atomic mass is 9.50. The molecule has 0 aliphatic heterocycles. The van der Waals surface area contributed by atoms with Crippen LogP contribution in [0.15, 0.2) is 18.2 Å².